The lowest BCUT2D eigenvalue weighted by molar-refractivity contribution is -0.142. The molecule has 0 bridgehead atoms. The van der Waals surface area contributed by atoms with Crippen molar-refractivity contribution >= 4 is 34.2 Å². The molecule has 2 aromatic rings. The molecule has 0 amide bonds. The van der Waals surface area contributed by atoms with Crippen molar-refractivity contribution in [1.29, 1.82) is 0 Å². The van der Waals surface area contributed by atoms with Crippen LogP contribution in [0.3, 0.4) is 0 Å². The quantitative estimate of drug-likeness (QED) is 0.110. The fourth-order valence-corrected chi connectivity index (χ4v) is 10.5. The number of carbonyl (C=O) groups is 1. The molecule has 0 spiro atoms. The zero-order chi connectivity index (χ0) is 36.4. The maximum absolute atomic E-state index is 11.8. The summed E-state index contributed by atoms with van der Waals surface area (Å²) in [4.78, 5) is 11.8. The summed E-state index contributed by atoms with van der Waals surface area (Å²) >= 11 is 7.38. The van der Waals surface area contributed by atoms with E-state index in [0.717, 1.165) is 18.4 Å². The molecule has 0 heterocycles. The lowest BCUT2D eigenvalue weighted by Crippen LogP contribution is -2.47. The molecule has 274 valence electrons. The van der Waals surface area contributed by atoms with Gasteiger partial charge in [0.2, 0.25) is 0 Å². The van der Waals surface area contributed by atoms with Gasteiger partial charge in [0, 0.05) is 11.3 Å². The van der Waals surface area contributed by atoms with E-state index in [1.54, 1.807) is 0 Å². The van der Waals surface area contributed by atoms with E-state index in [4.69, 9.17) is 29.9 Å². The first-order valence-electron chi connectivity index (χ1n) is 18.6. The molecule has 0 aliphatic heterocycles. The van der Waals surface area contributed by atoms with Gasteiger partial charge in [0.1, 0.15) is 5.75 Å². The molecule has 0 saturated heterocycles. The number of methoxy groups -OCH3 is 1. The molecule has 0 aromatic heterocycles. The highest BCUT2D eigenvalue weighted by molar-refractivity contribution is 6.74. The van der Waals surface area contributed by atoms with Gasteiger partial charge in [-0.15, -0.1) is 11.6 Å². The Labute approximate surface area is 305 Å². The van der Waals surface area contributed by atoms with E-state index < -0.39 is 22.6 Å². The van der Waals surface area contributed by atoms with Crippen LogP contribution in [-0.4, -0.2) is 47.8 Å². The van der Waals surface area contributed by atoms with Gasteiger partial charge in [-0.1, -0.05) is 97.7 Å². The summed E-state index contributed by atoms with van der Waals surface area (Å²) in [5.41, 5.74) is 3.95. The number of esters is 1. The monoisotopic (exact) mass is 728 g/mol. The van der Waals surface area contributed by atoms with E-state index in [-0.39, 0.29) is 51.5 Å². The number of hydrogen-bond donors (Lipinski definition) is 0. The van der Waals surface area contributed by atoms with Gasteiger partial charge in [-0.2, -0.15) is 0 Å². The predicted octanol–water partition coefficient (Wildman–Crippen LogP) is 11.6. The Hall–Kier alpha value is -1.65. The first-order chi connectivity index (χ1) is 22.7. The molecular formula is C41H65ClO5Si2. The minimum absolute atomic E-state index is 0.0236. The SMILES string of the molecule is CCCC1([C@H](O[Si](C)(C)C(C)(C)C)c2cccc([C@@H]3[C@@H](Cc4cccc(OCC(=O)OC)c4)[C@H](Cl)C[C@H]3O[Si](C)(C)C(C)(C)C)c2)CCC1. The molecular weight excluding hydrogens is 664 g/mol. The highest BCUT2D eigenvalue weighted by atomic mass is 35.5. The van der Waals surface area contributed by atoms with Crippen molar-refractivity contribution < 1.29 is 23.1 Å². The number of carbonyl (C=O) groups excluding carboxylic acids is 1. The van der Waals surface area contributed by atoms with Crippen molar-refractivity contribution in [3.63, 3.8) is 0 Å². The molecule has 2 fully saturated rings. The molecule has 0 radical (unpaired) electrons. The molecule has 2 saturated carbocycles. The standard InChI is InChI=1S/C41H65ClO5Si2/c1-13-21-41(22-16-23-41)38(47-49(11,12)40(5,6)7)31-19-15-18-30(26-31)37-33(34(42)27-35(37)46-48(9,10)39(2,3)4)25-29-17-14-20-32(24-29)45-28-36(43)44-8/h14-15,17-20,24,26,33-35,37-38H,13,16,21-23,25,27-28H2,1-12H3/t33-,34+,35+,37+,38+/m0/s1. The topological polar surface area (TPSA) is 54.0 Å². The fraction of sp³-hybridized carbons (Fsp3) is 0.683. The van der Waals surface area contributed by atoms with Crippen LogP contribution >= 0.6 is 11.6 Å². The van der Waals surface area contributed by atoms with Gasteiger partial charge in [0.05, 0.1) is 19.3 Å². The normalized spacial score (nSPS) is 23.5. The average molecular weight is 730 g/mol. The van der Waals surface area contributed by atoms with Gasteiger partial charge in [0.25, 0.3) is 0 Å². The molecule has 5 atom stereocenters. The minimum Gasteiger partial charge on any atom is -0.482 e. The summed E-state index contributed by atoms with van der Waals surface area (Å²) < 4.78 is 25.3. The minimum atomic E-state index is -2.10. The van der Waals surface area contributed by atoms with E-state index in [9.17, 15) is 4.79 Å². The van der Waals surface area contributed by atoms with E-state index in [0.29, 0.717) is 5.75 Å². The Morgan fingerprint density at radius 1 is 0.959 bits per heavy atom. The lowest BCUT2D eigenvalue weighted by atomic mass is 9.61. The third kappa shape index (κ3) is 9.24. The molecule has 2 aliphatic carbocycles. The third-order valence-electron chi connectivity index (χ3n) is 12.5. The fourth-order valence-electron chi connectivity index (χ4n) is 7.39. The van der Waals surface area contributed by atoms with Crippen LogP contribution in [0, 0.1) is 11.3 Å². The Morgan fingerprint density at radius 3 is 2.18 bits per heavy atom. The molecule has 0 N–H and O–H groups in total. The van der Waals surface area contributed by atoms with Crippen LogP contribution in [0.4, 0.5) is 0 Å². The molecule has 49 heavy (non-hydrogen) atoms. The van der Waals surface area contributed by atoms with Crippen LogP contribution in [-0.2, 0) is 24.8 Å². The van der Waals surface area contributed by atoms with Crippen LogP contribution in [0.25, 0.3) is 0 Å². The van der Waals surface area contributed by atoms with Crippen molar-refractivity contribution in [3.8, 4) is 5.75 Å². The van der Waals surface area contributed by atoms with E-state index in [2.05, 4.69) is 105 Å². The summed E-state index contributed by atoms with van der Waals surface area (Å²) in [6.45, 7) is 25.7. The molecule has 8 heteroatoms. The third-order valence-corrected chi connectivity index (χ3v) is 21.9. The summed E-state index contributed by atoms with van der Waals surface area (Å²) in [6.07, 6.45) is 7.80. The van der Waals surface area contributed by atoms with Crippen molar-refractivity contribution in [3.05, 3.63) is 65.2 Å². The Balaban J connectivity index is 1.77. The van der Waals surface area contributed by atoms with Crippen LogP contribution in [0.5, 0.6) is 5.75 Å². The van der Waals surface area contributed by atoms with Gasteiger partial charge in [0.15, 0.2) is 23.2 Å². The number of rotatable bonds is 14. The second-order valence-electron chi connectivity index (χ2n) is 18.0. The van der Waals surface area contributed by atoms with E-state index in [1.165, 1.54) is 50.3 Å². The number of hydrogen-bond acceptors (Lipinski definition) is 5. The molecule has 2 aromatic carbocycles. The second-order valence-corrected chi connectivity index (χ2v) is 28.0. The molecule has 5 nitrogen and oxygen atoms in total. The van der Waals surface area contributed by atoms with Gasteiger partial charge < -0.3 is 18.3 Å². The second kappa shape index (κ2) is 15.5. The summed E-state index contributed by atoms with van der Waals surface area (Å²) in [6, 6.07) is 17.4. The predicted molar refractivity (Wildman–Crippen MR) is 209 cm³/mol. The highest BCUT2D eigenvalue weighted by Crippen LogP contribution is 2.58. The van der Waals surface area contributed by atoms with Gasteiger partial charge in [-0.3, -0.25) is 0 Å². The largest absolute Gasteiger partial charge is 0.482 e. The Kier molecular flexibility index (Phi) is 12.7. The highest BCUT2D eigenvalue weighted by Gasteiger charge is 2.51. The first kappa shape index (κ1) is 40.1. The van der Waals surface area contributed by atoms with Gasteiger partial charge in [-0.05, 0) is 109 Å². The van der Waals surface area contributed by atoms with Crippen LogP contribution in [0.2, 0.25) is 36.3 Å². The van der Waals surface area contributed by atoms with Crippen LogP contribution in [0.15, 0.2) is 48.5 Å². The number of benzene rings is 2. The zero-order valence-electron chi connectivity index (χ0n) is 32.6. The summed E-state index contributed by atoms with van der Waals surface area (Å²) in [7, 11) is -2.79. The summed E-state index contributed by atoms with van der Waals surface area (Å²) in [5, 5.41) is 0.170. The number of alkyl halides is 1. The van der Waals surface area contributed by atoms with Crippen molar-refractivity contribution in [2.24, 2.45) is 11.3 Å². The maximum Gasteiger partial charge on any atom is 0.343 e. The van der Waals surface area contributed by atoms with E-state index in [1.807, 2.05) is 18.2 Å². The van der Waals surface area contributed by atoms with Gasteiger partial charge in [-0.25, -0.2) is 4.79 Å². The van der Waals surface area contributed by atoms with Crippen LogP contribution < -0.4 is 4.74 Å². The Bertz CT molecular complexity index is 1410. The summed E-state index contributed by atoms with van der Waals surface area (Å²) in [5.74, 6) is 0.557. The average Bonchev–Trinajstić information content (AvgIpc) is 3.28. The van der Waals surface area contributed by atoms with Crippen LogP contribution in [0.1, 0.15) is 116 Å². The molecule has 4 rings (SSSR count). The Morgan fingerprint density at radius 2 is 1.61 bits per heavy atom. The lowest BCUT2D eigenvalue weighted by Gasteiger charge is -2.52. The van der Waals surface area contributed by atoms with E-state index >= 15 is 0 Å². The van der Waals surface area contributed by atoms with Crippen molar-refractivity contribution in [2.45, 2.75) is 153 Å². The first-order valence-corrected chi connectivity index (χ1v) is 24.9. The van der Waals surface area contributed by atoms with Crippen molar-refractivity contribution in [2.75, 3.05) is 13.7 Å². The van der Waals surface area contributed by atoms with Gasteiger partial charge >= 0.3 is 5.97 Å². The molecule has 0 unspecified atom stereocenters. The number of halogens is 1. The molecule has 2 aliphatic rings. The number of ether oxygens (including phenoxy) is 2. The van der Waals surface area contributed by atoms with Crippen molar-refractivity contribution in [1.82, 2.24) is 0 Å². The zero-order valence-corrected chi connectivity index (χ0v) is 35.3. The maximum atomic E-state index is 11.8. The smallest absolute Gasteiger partial charge is 0.343 e.